The van der Waals surface area contributed by atoms with Crippen LogP contribution in [0.1, 0.15) is 25.1 Å². The summed E-state index contributed by atoms with van der Waals surface area (Å²) in [6.45, 7) is 4.96. The maximum atomic E-state index is 11.2. The number of anilines is 2. The Bertz CT molecular complexity index is 595. The highest BCUT2D eigenvalue weighted by atomic mass is 32.1. The lowest BCUT2D eigenvalue weighted by molar-refractivity contribution is -0.114. The van der Waals surface area contributed by atoms with Crippen LogP contribution in [-0.2, 0) is 11.3 Å². The Kier molecular flexibility index (Phi) is 5.63. The van der Waals surface area contributed by atoms with Gasteiger partial charge in [-0.3, -0.25) is 4.79 Å². The number of carbonyl (C=O) groups is 1. The van der Waals surface area contributed by atoms with Gasteiger partial charge in [0.1, 0.15) is 5.75 Å². The van der Waals surface area contributed by atoms with E-state index in [4.69, 9.17) is 4.74 Å². The summed E-state index contributed by atoms with van der Waals surface area (Å²) in [6, 6.07) is 9.81. The van der Waals surface area contributed by atoms with Crippen molar-refractivity contribution in [2.45, 2.75) is 26.8 Å². The number of thiophene rings is 1. The molecule has 1 aromatic carbocycles. The number of benzene rings is 1. The highest BCUT2D eigenvalue weighted by Gasteiger charge is 2.07. The molecule has 2 N–H and O–H groups in total. The molecule has 5 heteroatoms. The summed E-state index contributed by atoms with van der Waals surface area (Å²) >= 11 is 1.62. The minimum Gasteiger partial charge on any atom is -0.491 e. The normalized spacial score (nSPS) is 10.2. The fraction of sp³-hybridized carbons (Fsp3) is 0.312. The Morgan fingerprint density at radius 3 is 2.81 bits per heavy atom. The first kappa shape index (κ1) is 15.4. The number of carbonyl (C=O) groups excluding carboxylic acids is 1. The van der Waals surface area contributed by atoms with Gasteiger partial charge in [0, 0.05) is 11.8 Å². The van der Waals surface area contributed by atoms with Crippen LogP contribution in [0.5, 0.6) is 5.75 Å². The fourth-order valence-corrected chi connectivity index (χ4v) is 2.67. The van der Waals surface area contributed by atoms with E-state index in [1.54, 1.807) is 11.3 Å². The van der Waals surface area contributed by atoms with Crippen molar-refractivity contribution in [3.8, 4) is 5.75 Å². The number of nitrogens with one attached hydrogen (secondary N) is 2. The van der Waals surface area contributed by atoms with Crippen LogP contribution in [0.4, 0.5) is 11.4 Å². The van der Waals surface area contributed by atoms with Crippen molar-refractivity contribution < 1.29 is 9.53 Å². The van der Waals surface area contributed by atoms with Gasteiger partial charge in [0.25, 0.3) is 0 Å². The molecule has 0 atom stereocenters. The van der Waals surface area contributed by atoms with E-state index in [1.165, 1.54) is 6.92 Å². The first-order chi connectivity index (χ1) is 10.2. The smallest absolute Gasteiger partial charge is 0.221 e. The van der Waals surface area contributed by atoms with Crippen LogP contribution in [0, 0.1) is 0 Å². The second-order valence-electron chi connectivity index (χ2n) is 4.64. The summed E-state index contributed by atoms with van der Waals surface area (Å²) in [4.78, 5) is 12.3. The SMILES string of the molecule is CCCOc1ccccc1NCc1sccc1NC(C)=O. The van der Waals surface area contributed by atoms with E-state index in [-0.39, 0.29) is 5.91 Å². The summed E-state index contributed by atoms with van der Waals surface area (Å²) in [5, 5.41) is 8.19. The maximum absolute atomic E-state index is 11.2. The van der Waals surface area contributed by atoms with Crippen LogP contribution in [0.3, 0.4) is 0 Å². The van der Waals surface area contributed by atoms with Crippen LogP contribution in [-0.4, -0.2) is 12.5 Å². The number of hydrogen-bond donors (Lipinski definition) is 2. The quantitative estimate of drug-likeness (QED) is 0.809. The molecule has 112 valence electrons. The van der Waals surface area contributed by atoms with Crippen molar-refractivity contribution >= 4 is 28.6 Å². The molecule has 1 amide bonds. The molecule has 1 heterocycles. The first-order valence-corrected chi connectivity index (χ1v) is 7.88. The van der Waals surface area contributed by atoms with Gasteiger partial charge >= 0.3 is 0 Å². The van der Waals surface area contributed by atoms with E-state index < -0.39 is 0 Å². The third kappa shape index (κ3) is 4.49. The van der Waals surface area contributed by atoms with Crippen LogP contribution >= 0.6 is 11.3 Å². The minimum absolute atomic E-state index is 0.0543. The van der Waals surface area contributed by atoms with Crippen molar-refractivity contribution in [2.75, 3.05) is 17.2 Å². The van der Waals surface area contributed by atoms with Gasteiger partial charge in [-0.15, -0.1) is 11.3 Å². The Morgan fingerprint density at radius 1 is 1.24 bits per heavy atom. The maximum Gasteiger partial charge on any atom is 0.221 e. The van der Waals surface area contributed by atoms with Gasteiger partial charge in [-0.25, -0.2) is 0 Å². The van der Waals surface area contributed by atoms with E-state index >= 15 is 0 Å². The Balaban J connectivity index is 2.03. The monoisotopic (exact) mass is 304 g/mol. The Labute approximate surface area is 129 Å². The van der Waals surface area contributed by atoms with Crippen molar-refractivity contribution in [3.63, 3.8) is 0 Å². The standard InChI is InChI=1S/C16H20N2O2S/c1-3-9-20-15-7-5-4-6-13(15)17-11-16-14(8-10-21-16)18-12(2)19/h4-8,10,17H,3,9,11H2,1-2H3,(H,18,19). The number of amides is 1. The molecule has 4 nitrogen and oxygen atoms in total. The molecular weight excluding hydrogens is 284 g/mol. The highest BCUT2D eigenvalue weighted by molar-refractivity contribution is 7.10. The Morgan fingerprint density at radius 2 is 2.05 bits per heavy atom. The van der Waals surface area contributed by atoms with E-state index in [9.17, 15) is 4.79 Å². The lowest BCUT2D eigenvalue weighted by Gasteiger charge is -2.13. The fourth-order valence-electron chi connectivity index (χ4n) is 1.90. The molecule has 0 saturated heterocycles. The number of rotatable bonds is 7. The predicted molar refractivity (Wildman–Crippen MR) is 88.2 cm³/mol. The summed E-state index contributed by atoms with van der Waals surface area (Å²) < 4.78 is 5.72. The summed E-state index contributed by atoms with van der Waals surface area (Å²) in [6.07, 6.45) is 0.978. The molecule has 21 heavy (non-hydrogen) atoms. The Hall–Kier alpha value is -2.01. The van der Waals surface area contributed by atoms with Gasteiger partial charge in [-0.1, -0.05) is 19.1 Å². The van der Waals surface area contributed by atoms with Gasteiger partial charge in [-0.05, 0) is 30.0 Å². The number of hydrogen-bond acceptors (Lipinski definition) is 4. The van der Waals surface area contributed by atoms with Crippen LogP contribution in [0.25, 0.3) is 0 Å². The van der Waals surface area contributed by atoms with Crippen molar-refractivity contribution in [1.82, 2.24) is 0 Å². The molecule has 0 saturated carbocycles. The molecule has 0 spiro atoms. The van der Waals surface area contributed by atoms with E-state index in [1.807, 2.05) is 35.7 Å². The van der Waals surface area contributed by atoms with Crippen LogP contribution in [0.15, 0.2) is 35.7 Å². The molecule has 0 aliphatic heterocycles. The zero-order valence-electron chi connectivity index (χ0n) is 12.3. The lowest BCUT2D eigenvalue weighted by Crippen LogP contribution is -2.08. The average Bonchev–Trinajstić information content (AvgIpc) is 2.90. The topological polar surface area (TPSA) is 50.4 Å². The van der Waals surface area contributed by atoms with Crippen LogP contribution < -0.4 is 15.4 Å². The lowest BCUT2D eigenvalue weighted by atomic mass is 10.3. The van der Waals surface area contributed by atoms with Crippen molar-refractivity contribution in [1.29, 1.82) is 0 Å². The molecule has 0 radical (unpaired) electrons. The van der Waals surface area contributed by atoms with Crippen LogP contribution in [0.2, 0.25) is 0 Å². The van der Waals surface area contributed by atoms with Gasteiger partial charge < -0.3 is 15.4 Å². The van der Waals surface area contributed by atoms with E-state index in [2.05, 4.69) is 17.6 Å². The van der Waals surface area contributed by atoms with E-state index in [0.29, 0.717) is 13.2 Å². The van der Waals surface area contributed by atoms with Gasteiger partial charge in [0.2, 0.25) is 5.91 Å². The van der Waals surface area contributed by atoms with Gasteiger partial charge in [0.15, 0.2) is 0 Å². The minimum atomic E-state index is -0.0543. The molecule has 2 rings (SSSR count). The number of para-hydroxylation sites is 2. The molecule has 0 bridgehead atoms. The second-order valence-corrected chi connectivity index (χ2v) is 5.64. The largest absolute Gasteiger partial charge is 0.491 e. The third-order valence-electron chi connectivity index (χ3n) is 2.84. The average molecular weight is 304 g/mol. The molecule has 2 aromatic rings. The first-order valence-electron chi connectivity index (χ1n) is 7.00. The van der Waals surface area contributed by atoms with Crippen molar-refractivity contribution in [2.24, 2.45) is 0 Å². The van der Waals surface area contributed by atoms with Crippen molar-refractivity contribution in [3.05, 3.63) is 40.6 Å². The molecule has 1 aromatic heterocycles. The molecular formula is C16H20N2O2S. The summed E-state index contributed by atoms with van der Waals surface area (Å²) in [5.41, 5.74) is 1.83. The van der Waals surface area contributed by atoms with E-state index in [0.717, 1.165) is 28.4 Å². The zero-order valence-corrected chi connectivity index (χ0v) is 13.1. The molecule has 0 unspecified atom stereocenters. The van der Waals surface area contributed by atoms with Gasteiger partial charge in [0.05, 0.1) is 24.5 Å². The zero-order chi connectivity index (χ0) is 15.1. The highest BCUT2D eigenvalue weighted by Crippen LogP contribution is 2.27. The molecule has 0 aliphatic rings. The summed E-state index contributed by atoms with van der Waals surface area (Å²) in [7, 11) is 0. The summed E-state index contributed by atoms with van der Waals surface area (Å²) in [5.74, 6) is 0.804. The predicted octanol–water partition coefficient (Wildman–Crippen LogP) is 4.11. The molecule has 0 aliphatic carbocycles. The number of ether oxygens (including phenoxy) is 1. The third-order valence-corrected chi connectivity index (χ3v) is 3.77. The van der Waals surface area contributed by atoms with Gasteiger partial charge in [-0.2, -0.15) is 0 Å². The molecule has 0 fully saturated rings. The second kappa shape index (κ2) is 7.69.